The van der Waals surface area contributed by atoms with Gasteiger partial charge in [0.25, 0.3) is 0 Å². The summed E-state index contributed by atoms with van der Waals surface area (Å²) in [5.74, 6) is 0.607. The Morgan fingerprint density at radius 2 is 1.49 bits per heavy atom. The first-order chi connectivity index (χ1) is 23.9. The van der Waals surface area contributed by atoms with Gasteiger partial charge in [0.1, 0.15) is 6.04 Å². The molecule has 0 spiro atoms. The van der Waals surface area contributed by atoms with E-state index >= 15 is 0 Å². The van der Waals surface area contributed by atoms with E-state index in [0.29, 0.717) is 37.1 Å². The van der Waals surface area contributed by atoms with Crippen molar-refractivity contribution in [3.05, 3.63) is 83.4 Å². The molecule has 1 atom stereocenters. The van der Waals surface area contributed by atoms with Crippen LogP contribution >= 0.6 is 0 Å². The number of benzene rings is 3. The molecule has 3 aromatic carbocycles. The largest absolute Gasteiger partial charge is 0.344 e. The lowest BCUT2D eigenvalue weighted by molar-refractivity contribution is -0.130. The average molecular weight is 663 g/mol. The number of aryl methyl sites for hydroxylation is 1. The maximum absolute atomic E-state index is 13.7. The van der Waals surface area contributed by atoms with E-state index in [1.54, 1.807) is 12.1 Å². The zero-order valence-electron chi connectivity index (χ0n) is 28.1. The minimum atomic E-state index is -0.769. The molecule has 0 bridgehead atoms. The molecule has 11 heteroatoms. The molecule has 3 aromatic rings. The first-order valence-corrected chi connectivity index (χ1v) is 17.4. The highest BCUT2D eigenvalue weighted by Crippen LogP contribution is 2.29. The van der Waals surface area contributed by atoms with Crippen LogP contribution in [0.5, 0.6) is 0 Å². The van der Waals surface area contributed by atoms with E-state index < -0.39 is 6.04 Å². The summed E-state index contributed by atoms with van der Waals surface area (Å²) in [6, 6.07) is 20.6. The number of amidine groups is 1. The number of hydrogen-bond acceptors (Lipinski definition) is 8. The maximum atomic E-state index is 13.7. The Balaban J connectivity index is 1.15. The number of azo groups is 1. The monoisotopic (exact) mass is 662 g/mol. The third-order valence-corrected chi connectivity index (χ3v) is 9.98. The van der Waals surface area contributed by atoms with Crippen LogP contribution in [-0.2, 0) is 20.8 Å². The number of hydrogen-bond donors (Lipinski definition) is 5. The van der Waals surface area contributed by atoms with Crippen LogP contribution in [0.1, 0.15) is 55.2 Å². The maximum Gasteiger partial charge on any atom is 0.247 e. The minimum Gasteiger partial charge on any atom is -0.344 e. The van der Waals surface area contributed by atoms with Gasteiger partial charge >= 0.3 is 0 Å². The van der Waals surface area contributed by atoms with Gasteiger partial charge in [0.2, 0.25) is 17.7 Å². The van der Waals surface area contributed by atoms with Crippen molar-refractivity contribution in [3.8, 4) is 11.1 Å². The van der Waals surface area contributed by atoms with E-state index in [2.05, 4.69) is 36.5 Å². The van der Waals surface area contributed by atoms with Crippen molar-refractivity contribution >= 4 is 34.9 Å². The second kappa shape index (κ2) is 16.1. The van der Waals surface area contributed by atoms with Crippen LogP contribution in [0.15, 0.2) is 82.0 Å². The Bertz CT molecular complexity index is 1690. The van der Waals surface area contributed by atoms with Crippen molar-refractivity contribution in [3.63, 3.8) is 0 Å². The number of nitrogens with zero attached hydrogens (tertiary/aromatic N) is 3. The predicted octanol–water partition coefficient (Wildman–Crippen LogP) is 5.20. The third kappa shape index (κ3) is 8.84. The number of anilines is 2. The molecule has 256 valence electrons. The molecule has 1 saturated carbocycles. The van der Waals surface area contributed by atoms with Crippen LogP contribution in [0.25, 0.3) is 11.1 Å². The van der Waals surface area contributed by atoms with E-state index in [-0.39, 0.29) is 29.6 Å². The Morgan fingerprint density at radius 3 is 2.16 bits per heavy atom. The molecule has 2 fully saturated rings. The van der Waals surface area contributed by atoms with Gasteiger partial charge in [-0.2, -0.15) is 5.11 Å². The zero-order valence-corrected chi connectivity index (χ0v) is 28.1. The summed E-state index contributed by atoms with van der Waals surface area (Å²) in [6.45, 7) is 4.69. The molecule has 6 N–H and O–H groups in total. The van der Waals surface area contributed by atoms with E-state index in [9.17, 15) is 14.4 Å². The molecular formula is C38H46N8O3. The van der Waals surface area contributed by atoms with Gasteiger partial charge in [-0.25, -0.2) is 4.99 Å². The molecule has 11 nitrogen and oxygen atoms in total. The van der Waals surface area contributed by atoms with Crippen molar-refractivity contribution in [2.24, 2.45) is 38.7 Å². The van der Waals surface area contributed by atoms with Gasteiger partial charge in [0, 0.05) is 35.2 Å². The average Bonchev–Trinajstić information content (AvgIpc) is 3.69. The highest BCUT2D eigenvalue weighted by molar-refractivity contribution is 6.01. The van der Waals surface area contributed by atoms with E-state index in [4.69, 9.17) is 5.73 Å². The molecule has 3 amide bonds. The third-order valence-electron chi connectivity index (χ3n) is 9.98. The van der Waals surface area contributed by atoms with Gasteiger partial charge in [0.15, 0.2) is 12.5 Å². The lowest BCUT2D eigenvalue weighted by Gasteiger charge is -2.28. The summed E-state index contributed by atoms with van der Waals surface area (Å²) in [5.41, 5.74) is 12.0. The van der Waals surface area contributed by atoms with Crippen molar-refractivity contribution in [1.82, 2.24) is 10.6 Å². The number of carbonyl (C=O) groups excluding carboxylic acids is 3. The first-order valence-electron chi connectivity index (χ1n) is 17.4. The molecule has 1 saturated heterocycles. The van der Waals surface area contributed by atoms with Crippen LogP contribution in [0, 0.1) is 24.7 Å². The first kappa shape index (κ1) is 34.1. The number of piperidine rings is 1. The number of rotatable bonds is 11. The van der Waals surface area contributed by atoms with Gasteiger partial charge in [-0.15, -0.1) is 5.11 Å². The quantitative estimate of drug-likeness (QED) is 0.190. The highest BCUT2D eigenvalue weighted by atomic mass is 16.2. The minimum absolute atomic E-state index is 0.0220. The summed E-state index contributed by atoms with van der Waals surface area (Å²) < 4.78 is 0. The lowest BCUT2D eigenvalue weighted by Crippen LogP contribution is -2.48. The van der Waals surface area contributed by atoms with Crippen molar-refractivity contribution in [1.29, 1.82) is 0 Å². The van der Waals surface area contributed by atoms with Crippen LogP contribution < -0.4 is 27.0 Å². The molecule has 0 radical (unpaired) electrons. The predicted molar refractivity (Wildman–Crippen MR) is 192 cm³/mol. The van der Waals surface area contributed by atoms with Gasteiger partial charge in [0.05, 0.1) is 0 Å². The zero-order chi connectivity index (χ0) is 34.2. The normalized spacial score (nSPS) is 19.9. The van der Waals surface area contributed by atoms with E-state index in [0.717, 1.165) is 85.1 Å². The fourth-order valence-corrected chi connectivity index (χ4v) is 6.79. The Hall–Kier alpha value is -4.74. The van der Waals surface area contributed by atoms with Gasteiger partial charge in [-0.1, -0.05) is 36.4 Å². The summed E-state index contributed by atoms with van der Waals surface area (Å²) in [7, 11) is 0. The highest BCUT2D eigenvalue weighted by Gasteiger charge is 2.29. The smallest absolute Gasteiger partial charge is 0.247 e. The molecule has 2 heterocycles. The summed E-state index contributed by atoms with van der Waals surface area (Å²) in [5, 5.41) is 20.5. The van der Waals surface area contributed by atoms with Crippen molar-refractivity contribution in [2.75, 3.05) is 36.9 Å². The fraction of sp³-hybridized carbons (Fsp3) is 0.421. The number of nitrogens with two attached hydrogens (primary N) is 1. The van der Waals surface area contributed by atoms with Crippen molar-refractivity contribution < 1.29 is 14.4 Å². The second-order valence-electron chi connectivity index (χ2n) is 13.4. The van der Waals surface area contributed by atoms with E-state index in [1.165, 1.54) is 0 Å². The topological polar surface area (TPSA) is 162 Å². The number of amides is 3. The molecule has 6 rings (SSSR count). The van der Waals surface area contributed by atoms with Gasteiger partial charge < -0.3 is 27.0 Å². The number of aliphatic imine (C=N–C) groups is 1. The number of carbonyl (C=O) groups is 3. The van der Waals surface area contributed by atoms with E-state index in [1.807, 2.05) is 61.5 Å². The Morgan fingerprint density at radius 1 is 0.816 bits per heavy atom. The summed E-state index contributed by atoms with van der Waals surface area (Å²) >= 11 is 0. The standard InChI is InChI=1S/C38H46N8O3/c1-24-2-7-31(21-33(24)44-37(48)30-16-18-40-19-17-30)27-8-3-25(4-9-27)20-34(45-36(47)29-10-5-26(22-39)6-11-29)38(49)43-32-14-12-28(13-15-32)35-41-23-42-46-35/h2-4,7-9,12-15,21,26,29-30,34,40H,5-6,10-11,16-20,22-23,39H2,1H3,(H,43,49)(H,44,48)(H,45,47)/t26?,29?,34-/m0/s1. The summed E-state index contributed by atoms with van der Waals surface area (Å²) in [6.07, 6.45) is 5.41. The molecule has 3 aliphatic rings. The molecule has 0 unspecified atom stereocenters. The Kier molecular flexibility index (Phi) is 11.2. The van der Waals surface area contributed by atoms with Crippen LogP contribution in [-0.4, -0.2) is 55.9 Å². The van der Waals surface area contributed by atoms with Gasteiger partial charge in [-0.05, 0) is 124 Å². The van der Waals surface area contributed by atoms with Crippen LogP contribution in [0.4, 0.5) is 11.4 Å². The SMILES string of the molecule is Cc1ccc(-c2ccc(C[C@H](NC(=O)C3CCC(CN)CC3)C(=O)Nc3ccc(C4=NCN=N4)cc3)cc2)cc1NC(=O)C1CCNCC1. The summed E-state index contributed by atoms with van der Waals surface area (Å²) in [4.78, 5) is 44.3. The van der Waals surface area contributed by atoms with Crippen molar-refractivity contribution in [2.45, 2.75) is 57.9 Å². The fourth-order valence-electron chi connectivity index (χ4n) is 6.79. The van der Waals surface area contributed by atoms with Gasteiger partial charge in [-0.3, -0.25) is 14.4 Å². The van der Waals surface area contributed by atoms with Crippen LogP contribution in [0.3, 0.4) is 0 Å². The lowest BCUT2D eigenvalue weighted by atomic mass is 9.81. The molecule has 2 aliphatic heterocycles. The molecule has 0 aromatic heterocycles. The molecule has 1 aliphatic carbocycles. The second-order valence-corrected chi connectivity index (χ2v) is 13.4. The number of nitrogens with one attached hydrogen (secondary N) is 4. The Labute approximate surface area is 287 Å². The molecule has 49 heavy (non-hydrogen) atoms. The van der Waals surface area contributed by atoms with Crippen LogP contribution in [0.2, 0.25) is 0 Å². The molecular weight excluding hydrogens is 616 g/mol.